The minimum atomic E-state index is -4.59. The van der Waals surface area contributed by atoms with E-state index in [1.165, 1.54) is 30.0 Å². The number of anilines is 1. The molecule has 1 aliphatic heterocycles. The Morgan fingerprint density at radius 1 is 0.978 bits per heavy atom. The zero-order chi connectivity index (χ0) is 31.9. The van der Waals surface area contributed by atoms with E-state index in [2.05, 4.69) is 15.3 Å². The van der Waals surface area contributed by atoms with E-state index in [4.69, 9.17) is 9.47 Å². The summed E-state index contributed by atoms with van der Waals surface area (Å²) in [6.45, 7) is 1.29. The van der Waals surface area contributed by atoms with Crippen LogP contribution in [0.1, 0.15) is 39.4 Å². The highest BCUT2D eigenvalue weighted by molar-refractivity contribution is 5.90. The first-order chi connectivity index (χ1) is 21.6. The lowest BCUT2D eigenvalue weighted by atomic mass is 9.95. The molecule has 12 heteroatoms. The topological polar surface area (TPSA) is 119 Å². The average Bonchev–Trinajstić information content (AvgIpc) is 3.59. The third kappa shape index (κ3) is 5.75. The quantitative estimate of drug-likeness (QED) is 0.199. The van der Waals surface area contributed by atoms with Crippen molar-refractivity contribution in [1.29, 1.82) is 0 Å². The van der Waals surface area contributed by atoms with Gasteiger partial charge in [-0.05, 0) is 53.4 Å². The van der Waals surface area contributed by atoms with Crippen molar-refractivity contribution in [2.75, 3.05) is 12.4 Å². The second-order valence-electron chi connectivity index (χ2n) is 10.7. The zero-order valence-corrected chi connectivity index (χ0v) is 24.1. The van der Waals surface area contributed by atoms with Crippen LogP contribution in [0.25, 0.3) is 22.2 Å². The van der Waals surface area contributed by atoms with Crippen LogP contribution < -0.4 is 5.32 Å². The normalized spacial score (nSPS) is 20.7. The van der Waals surface area contributed by atoms with Crippen LogP contribution in [0.5, 0.6) is 0 Å². The molecule has 5 atom stereocenters. The Hall–Kier alpha value is -4.78. The van der Waals surface area contributed by atoms with Crippen molar-refractivity contribution in [1.82, 2.24) is 14.5 Å². The number of carbonyl (C=O) groups is 1. The van der Waals surface area contributed by atoms with Gasteiger partial charge < -0.3 is 29.6 Å². The molecule has 0 radical (unpaired) electrons. The van der Waals surface area contributed by atoms with Crippen molar-refractivity contribution in [3.63, 3.8) is 0 Å². The van der Waals surface area contributed by atoms with E-state index in [1.54, 1.807) is 43.6 Å². The number of nitrogens with zero attached hydrogens (tertiary/aromatic N) is 3. The Kier molecular flexibility index (Phi) is 8.04. The van der Waals surface area contributed by atoms with Gasteiger partial charge in [0.1, 0.15) is 36.1 Å². The van der Waals surface area contributed by atoms with E-state index in [9.17, 15) is 28.2 Å². The van der Waals surface area contributed by atoms with E-state index in [-0.39, 0.29) is 16.7 Å². The molecule has 2 aromatic heterocycles. The number of fused-ring (bicyclic) bond motifs is 1. The average molecular weight is 619 g/mol. The molecule has 0 amide bonds. The molecule has 9 nitrogen and oxygen atoms in total. The minimum absolute atomic E-state index is 0.106. The summed E-state index contributed by atoms with van der Waals surface area (Å²) in [6.07, 6.45) is -8.63. The van der Waals surface area contributed by atoms with Crippen molar-refractivity contribution in [3.05, 3.63) is 114 Å². The number of carbonyl (C=O) groups excluding carboxylic acids is 1. The maximum absolute atomic E-state index is 13.6. The number of nitrogens with one attached hydrogen (secondary N) is 1. The van der Waals surface area contributed by atoms with Gasteiger partial charge in [-0.1, -0.05) is 54.6 Å². The second kappa shape index (κ2) is 12.0. The molecule has 6 rings (SSSR count). The molecule has 0 aliphatic carbocycles. The lowest BCUT2D eigenvalue weighted by Gasteiger charge is -2.27. The SMILES string of the molecule is CNc1ncnc2c1ccn2[C@@H]1O[C@H]([C@H](OC(=O)c2ccc(-c3ccccc3)cc2)c2ccc(C(F)(F)F)c(C)c2)[C@@H](O)[C@H]1O. The van der Waals surface area contributed by atoms with Crippen LogP contribution in [0.2, 0.25) is 0 Å². The molecule has 3 heterocycles. The molecule has 5 aromatic rings. The van der Waals surface area contributed by atoms with Gasteiger partial charge >= 0.3 is 12.1 Å². The Balaban J connectivity index is 1.34. The van der Waals surface area contributed by atoms with Gasteiger partial charge in [-0.2, -0.15) is 13.2 Å². The number of aromatic nitrogens is 3. The summed E-state index contributed by atoms with van der Waals surface area (Å²) in [4.78, 5) is 21.9. The third-order valence-electron chi connectivity index (χ3n) is 7.94. The van der Waals surface area contributed by atoms with Crippen LogP contribution in [0, 0.1) is 6.92 Å². The standard InChI is InChI=1S/C33H29F3N4O5/c1-18-16-22(12-13-24(18)33(34,35)36)27(45-32(43)21-10-8-20(9-11-21)19-6-4-3-5-7-19)28-25(41)26(42)31(44-28)40-15-14-23-29(37-2)38-17-39-30(23)40/h3-17,25-28,31,41-42H,1-2H3,(H,37,38,39)/t25-,26+,27+,28-,31+/m0/s1. The summed E-state index contributed by atoms with van der Waals surface area (Å²) in [6, 6.07) is 21.2. The van der Waals surface area contributed by atoms with Crippen molar-refractivity contribution >= 4 is 22.8 Å². The summed E-state index contributed by atoms with van der Waals surface area (Å²) in [5.41, 5.74) is 1.60. The maximum Gasteiger partial charge on any atom is 0.416 e. The van der Waals surface area contributed by atoms with E-state index >= 15 is 0 Å². The fourth-order valence-corrected chi connectivity index (χ4v) is 5.66. The molecule has 3 aromatic carbocycles. The first kappa shape index (κ1) is 30.3. The first-order valence-electron chi connectivity index (χ1n) is 14.1. The van der Waals surface area contributed by atoms with Crippen LogP contribution in [-0.4, -0.2) is 56.1 Å². The number of aliphatic hydroxyl groups is 2. The van der Waals surface area contributed by atoms with Gasteiger partial charge in [-0.15, -0.1) is 0 Å². The fourth-order valence-electron chi connectivity index (χ4n) is 5.66. The van der Waals surface area contributed by atoms with Gasteiger partial charge in [0, 0.05) is 13.2 Å². The maximum atomic E-state index is 13.6. The molecule has 0 unspecified atom stereocenters. The number of rotatable bonds is 7. The Bertz CT molecular complexity index is 1830. The van der Waals surface area contributed by atoms with Crippen LogP contribution >= 0.6 is 0 Å². The first-order valence-corrected chi connectivity index (χ1v) is 14.1. The number of aliphatic hydroxyl groups excluding tert-OH is 2. The Labute approximate surface area is 255 Å². The number of benzene rings is 3. The number of halogens is 3. The number of ether oxygens (including phenoxy) is 2. The van der Waals surface area contributed by atoms with E-state index < -0.39 is 48.4 Å². The zero-order valence-electron chi connectivity index (χ0n) is 24.1. The number of alkyl halides is 3. The minimum Gasteiger partial charge on any atom is -0.451 e. The molecule has 0 bridgehead atoms. The van der Waals surface area contributed by atoms with Gasteiger partial charge in [0.15, 0.2) is 12.3 Å². The predicted octanol–water partition coefficient (Wildman–Crippen LogP) is 5.68. The molecule has 45 heavy (non-hydrogen) atoms. The van der Waals surface area contributed by atoms with Crippen molar-refractivity contribution in [2.45, 2.75) is 43.7 Å². The summed E-state index contributed by atoms with van der Waals surface area (Å²) < 4.78 is 54.3. The van der Waals surface area contributed by atoms with Crippen LogP contribution in [0.15, 0.2) is 91.4 Å². The number of hydrogen-bond acceptors (Lipinski definition) is 8. The van der Waals surface area contributed by atoms with Crippen molar-refractivity contribution in [2.24, 2.45) is 0 Å². The van der Waals surface area contributed by atoms with E-state index in [1.807, 2.05) is 30.3 Å². The van der Waals surface area contributed by atoms with Crippen molar-refractivity contribution < 1.29 is 37.7 Å². The highest BCUT2D eigenvalue weighted by Gasteiger charge is 2.49. The largest absolute Gasteiger partial charge is 0.451 e. The molecule has 0 saturated carbocycles. The number of aryl methyl sites for hydroxylation is 1. The summed E-state index contributed by atoms with van der Waals surface area (Å²) in [5.74, 6) is -0.252. The number of hydrogen-bond donors (Lipinski definition) is 3. The summed E-state index contributed by atoms with van der Waals surface area (Å²) in [7, 11) is 1.69. The van der Waals surface area contributed by atoms with Crippen LogP contribution in [0.4, 0.5) is 19.0 Å². The van der Waals surface area contributed by atoms with E-state index in [0.717, 1.165) is 17.2 Å². The van der Waals surface area contributed by atoms with Crippen molar-refractivity contribution in [3.8, 4) is 11.1 Å². The lowest BCUT2D eigenvalue weighted by molar-refractivity contribution is -0.138. The predicted molar refractivity (Wildman–Crippen MR) is 159 cm³/mol. The molecule has 1 aliphatic rings. The fraction of sp³-hybridized carbons (Fsp3) is 0.242. The molecular formula is C33H29F3N4O5. The van der Waals surface area contributed by atoms with Gasteiger partial charge in [0.2, 0.25) is 0 Å². The lowest BCUT2D eigenvalue weighted by Crippen LogP contribution is -2.36. The third-order valence-corrected chi connectivity index (χ3v) is 7.94. The molecule has 0 spiro atoms. The molecule has 1 saturated heterocycles. The van der Waals surface area contributed by atoms with Gasteiger partial charge in [0.25, 0.3) is 0 Å². The molecule has 3 N–H and O–H groups in total. The van der Waals surface area contributed by atoms with E-state index in [0.29, 0.717) is 16.9 Å². The van der Waals surface area contributed by atoms with Gasteiger partial charge in [-0.25, -0.2) is 14.8 Å². The molecular weight excluding hydrogens is 589 g/mol. The second-order valence-corrected chi connectivity index (χ2v) is 10.7. The highest BCUT2D eigenvalue weighted by atomic mass is 19.4. The molecule has 232 valence electrons. The highest BCUT2D eigenvalue weighted by Crippen LogP contribution is 2.41. The van der Waals surface area contributed by atoms with Crippen LogP contribution in [0.3, 0.4) is 0 Å². The summed E-state index contributed by atoms with van der Waals surface area (Å²) >= 11 is 0. The number of esters is 1. The smallest absolute Gasteiger partial charge is 0.416 e. The monoisotopic (exact) mass is 618 g/mol. The van der Waals surface area contributed by atoms with Gasteiger partial charge in [-0.3, -0.25) is 0 Å². The van der Waals surface area contributed by atoms with Crippen LogP contribution in [-0.2, 0) is 15.7 Å². The summed E-state index contributed by atoms with van der Waals surface area (Å²) in [5, 5.41) is 25.9. The Morgan fingerprint density at radius 2 is 1.69 bits per heavy atom. The Morgan fingerprint density at radius 3 is 2.36 bits per heavy atom. The molecule has 1 fully saturated rings. The van der Waals surface area contributed by atoms with Gasteiger partial charge in [0.05, 0.1) is 16.5 Å².